The molecule has 9 heteroatoms. The van der Waals surface area contributed by atoms with Crippen LogP contribution in [0.15, 0.2) is 18.2 Å². The quantitative estimate of drug-likeness (QED) is 0.618. The first-order valence-corrected chi connectivity index (χ1v) is 5.06. The Kier molecular flexibility index (Phi) is 2.94. The number of carbonyl (C=O) groups excluding carboxylic acids is 3. The Bertz CT molecular complexity index is 676. The molecule has 1 fully saturated rings. The van der Waals surface area contributed by atoms with E-state index < -0.39 is 35.1 Å². The molecule has 1 aromatic carbocycles. The standard InChI is InChI=1S/C11H4F3N3O3/c12-11(13,14)6-1-2-7(5(3-6)4-15)17-9(19)8(18)16-10(17)20/h1-3H,(H,16,18,20). The number of nitriles is 1. The fourth-order valence-corrected chi connectivity index (χ4v) is 1.62. The van der Waals surface area contributed by atoms with Gasteiger partial charge in [-0.05, 0) is 18.2 Å². The van der Waals surface area contributed by atoms with Crippen molar-refractivity contribution in [2.45, 2.75) is 6.18 Å². The summed E-state index contributed by atoms with van der Waals surface area (Å²) in [6.45, 7) is 0. The number of alkyl halides is 3. The number of nitrogens with zero attached hydrogens (tertiary/aromatic N) is 2. The number of anilines is 1. The number of hydrogen-bond donors (Lipinski definition) is 1. The molecule has 1 aliphatic rings. The maximum atomic E-state index is 12.5. The number of amides is 4. The van der Waals surface area contributed by atoms with Gasteiger partial charge in [-0.3, -0.25) is 14.9 Å². The van der Waals surface area contributed by atoms with Crippen LogP contribution in [-0.4, -0.2) is 17.8 Å². The number of carbonyl (C=O) groups is 3. The van der Waals surface area contributed by atoms with Crippen molar-refractivity contribution in [2.24, 2.45) is 0 Å². The van der Waals surface area contributed by atoms with Crippen LogP contribution < -0.4 is 10.2 Å². The third-order valence-corrected chi connectivity index (χ3v) is 2.51. The van der Waals surface area contributed by atoms with Crippen molar-refractivity contribution in [3.63, 3.8) is 0 Å². The van der Waals surface area contributed by atoms with E-state index in [-0.39, 0.29) is 5.69 Å². The molecule has 102 valence electrons. The van der Waals surface area contributed by atoms with Crippen LogP contribution >= 0.6 is 0 Å². The Morgan fingerprint density at radius 3 is 2.30 bits per heavy atom. The van der Waals surface area contributed by atoms with Gasteiger partial charge in [-0.2, -0.15) is 18.4 Å². The molecule has 2 rings (SSSR count). The van der Waals surface area contributed by atoms with Gasteiger partial charge in [0.2, 0.25) is 0 Å². The van der Waals surface area contributed by atoms with Crippen molar-refractivity contribution in [2.75, 3.05) is 4.90 Å². The molecule has 0 aliphatic carbocycles. The van der Waals surface area contributed by atoms with Gasteiger partial charge in [0, 0.05) is 0 Å². The summed E-state index contributed by atoms with van der Waals surface area (Å²) in [5.41, 5.74) is -2.02. The first kappa shape index (κ1) is 13.5. The van der Waals surface area contributed by atoms with E-state index in [1.54, 1.807) is 5.32 Å². The molecule has 0 bridgehead atoms. The minimum absolute atomic E-state index is 0.320. The molecule has 1 aliphatic heterocycles. The number of rotatable bonds is 1. The Balaban J connectivity index is 2.54. The number of urea groups is 1. The van der Waals surface area contributed by atoms with Crippen molar-refractivity contribution in [1.82, 2.24) is 5.32 Å². The summed E-state index contributed by atoms with van der Waals surface area (Å²) in [6, 6.07) is 2.24. The van der Waals surface area contributed by atoms with Crippen LogP contribution in [0.3, 0.4) is 0 Å². The molecular formula is C11H4F3N3O3. The van der Waals surface area contributed by atoms with E-state index >= 15 is 0 Å². The van der Waals surface area contributed by atoms with Gasteiger partial charge in [0.25, 0.3) is 0 Å². The summed E-state index contributed by atoms with van der Waals surface area (Å²) in [5.74, 6) is -2.47. The van der Waals surface area contributed by atoms with Crippen LogP contribution in [0.2, 0.25) is 0 Å². The fourth-order valence-electron chi connectivity index (χ4n) is 1.62. The Labute approximate surface area is 109 Å². The fraction of sp³-hybridized carbons (Fsp3) is 0.0909. The zero-order chi connectivity index (χ0) is 15.1. The van der Waals surface area contributed by atoms with E-state index in [2.05, 4.69) is 0 Å². The molecule has 0 radical (unpaired) electrons. The topological polar surface area (TPSA) is 90.3 Å². The number of halogens is 3. The SMILES string of the molecule is N#Cc1cc(C(F)(F)F)ccc1N1C(=O)NC(=O)C1=O. The average molecular weight is 283 g/mol. The van der Waals surface area contributed by atoms with Crippen LogP contribution in [0.4, 0.5) is 23.7 Å². The van der Waals surface area contributed by atoms with Crippen molar-refractivity contribution < 1.29 is 27.6 Å². The summed E-state index contributed by atoms with van der Waals surface area (Å²) in [7, 11) is 0. The normalized spacial score (nSPS) is 15.3. The maximum absolute atomic E-state index is 12.5. The molecule has 4 amide bonds. The number of hydrogen-bond acceptors (Lipinski definition) is 4. The Hall–Kier alpha value is -2.89. The van der Waals surface area contributed by atoms with Gasteiger partial charge in [-0.25, -0.2) is 9.69 Å². The summed E-state index contributed by atoms with van der Waals surface area (Å²) in [5, 5.41) is 10.5. The Morgan fingerprint density at radius 2 is 1.85 bits per heavy atom. The summed E-state index contributed by atoms with van der Waals surface area (Å²) in [6.07, 6.45) is -4.67. The maximum Gasteiger partial charge on any atom is 0.416 e. The van der Waals surface area contributed by atoms with Crippen molar-refractivity contribution in [1.29, 1.82) is 5.26 Å². The lowest BCUT2D eigenvalue weighted by Crippen LogP contribution is -2.31. The number of nitrogens with one attached hydrogen (secondary N) is 1. The lowest BCUT2D eigenvalue weighted by atomic mass is 10.1. The van der Waals surface area contributed by atoms with Gasteiger partial charge < -0.3 is 0 Å². The van der Waals surface area contributed by atoms with E-state index in [1.807, 2.05) is 0 Å². The Morgan fingerprint density at radius 1 is 1.20 bits per heavy atom. The minimum Gasteiger partial charge on any atom is -0.269 e. The van der Waals surface area contributed by atoms with Crippen molar-refractivity contribution in [3.8, 4) is 6.07 Å². The molecule has 0 aromatic heterocycles. The summed E-state index contributed by atoms with van der Waals surface area (Å²) < 4.78 is 37.5. The molecule has 0 saturated carbocycles. The van der Waals surface area contributed by atoms with Crippen LogP contribution in [0.5, 0.6) is 0 Å². The third-order valence-electron chi connectivity index (χ3n) is 2.51. The highest BCUT2D eigenvalue weighted by Gasteiger charge is 2.40. The van der Waals surface area contributed by atoms with Gasteiger partial charge in [-0.15, -0.1) is 0 Å². The molecule has 1 saturated heterocycles. The van der Waals surface area contributed by atoms with Crippen LogP contribution in [-0.2, 0) is 15.8 Å². The van der Waals surface area contributed by atoms with E-state index in [1.165, 1.54) is 6.07 Å². The third kappa shape index (κ3) is 2.07. The molecule has 0 atom stereocenters. The lowest BCUT2D eigenvalue weighted by molar-refractivity contribution is -0.137. The lowest BCUT2D eigenvalue weighted by Gasteiger charge is -2.14. The van der Waals surface area contributed by atoms with Crippen LogP contribution in [0, 0.1) is 11.3 Å². The number of benzene rings is 1. The molecule has 0 unspecified atom stereocenters. The first-order valence-electron chi connectivity index (χ1n) is 5.06. The van der Waals surface area contributed by atoms with Gasteiger partial charge in [0.05, 0.1) is 16.8 Å². The van der Waals surface area contributed by atoms with Crippen molar-refractivity contribution in [3.05, 3.63) is 29.3 Å². The van der Waals surface area contributed by atoms with E-state index in [0.717, 1.165) is 6.07 Å². The van der Waals surface area contributed by atoms with E-state index in [9.17, 15) is 27.6 Å². The average Bonchev–Trinajstić information content (AvgIpc) is 2.61. The molecule has 1 aromatic rings. The summed E-state index contributed by atoms with van der Waals surface area (Å²) >= 11 is 0. The highest BCUT2D eigenvalue weighted by molar-refractivity contribution is 6.53. The van der Waals surface area contributed by atoms with Crippen molar-refractivity contribution >= 4 is 23.5 Å². The highest BCUT2D eigenvalue weighted by atomic mass is 19.4. The van der Waals surface area contributed by atoms with E-state index in [0.29, 0.717) is 17.0 Å². The highest BCUT2D eigenvalue weighted by Crippen LogP contribution is 2.33. The van der Waals surface area contributed by atoms with Gasteiger partial charge in [0.15, 0.2) is 0 Å². The molecule has 1 heterocycles. The van der Waals surface area contributed by atoms with Gasteiger partial charge in [-0.1, -0.05) is 0 Å². The molecule has 20 heavy (non-hydrogen) atoms. The predicted octanol–water partition coefficient (Wildman–Crippen LogP) is 1.16. The van der Waals surface area contributed by atoms with Crippen LogP contribution in [0.1, 0.15) is 11.1 Å². The smallest absolute Gasteiger partial charge is 0.269 e. The second-order valence-electron chi connectivity index (χ2n) is 3.74. The monoisotopic (exact) mass is 283 g/mol. The number of imide groups is 2. The zero-order valence-electron chi connectivity index (χ0n) is 9.49. The molecule has 1 N–H and O–H groups in total. The second kappa shape index (κ2) is 4.34. The van der Waals surface area contributed by atoms with Gasteiger partial charge in [0.1, 0.15) is 6.07 Å². The molecule has 0 spiro atoms. The molecular weight excluding hydrogens is 279 g/mol. The first-order chi connectivity index (χ1) is 9.25. The predicted molar refractivity (Wildman–Crippen MR) is 57.2 cm³/mol. The van der Waals surface area contributed by atoms with Gasteiger partial charge >= 0.3 is 24.0 Å². The second-order valence-corrected chi connectivity index (χ2v) is 3.74. The molecule has 6 nitrogen and oxygen atoms in total. The minimum atomic E-state index is -4.67. The largest absolute Gasteiger partial charge is 0.416 e. The van der Waals surface area contributed by atoms with E-state index in [4.69, 9.17) is 5.26 Å². The van der Waals surface area contributed by atoms with Crippen LogP contribution in [0.25, 0.3) is 0 Å². The zero-order valence-corrected chi connectivity index (χ0v) is 9.49. The summed E-state index contributed by atoms with van der Waals surface area (Å²) in [4.78, 5) is 34.1.